The predicted molar refractivity (Wildman–Crippen MR) is 90.7 cm³/mol. The maximum absolute atomic E-state index is 12.3. The van der Waals surface area contributed by atoms with Gasteiger partial charge in [-0.3, -0.25) is 9.59 Å². The predicted octanol–water partition coefficient (Wildman–Crippen LogP) is 2.00. The van der Waals surface area contributed by atoms with Gasteiger partial charge in [-0.25, -0.2) is 0 Å². The zero-order valence-corrected chi connectivity index (χ0v) is 14.0. The van der Waals surface area contributed by atoms with Crippen LogP contribution in [0.1, 0.15) is 19.3 Å². The number of halogens is 1. The fraction of sp³-hybridized carbons (Fsp3) is 0.529. The van der Waals surface area contributed by atoms with Gasteiger partial charge in [0.25, 0.3) is 0 Å². The van der Waals surface area contributed by atoms with E-state index in [0.29, 0.717) is 32.5 Å². The van der Waals surface area contributed by atoms with Crippen molar-refractivity contribution in [1.29, 1.82) is 0 Å². The number of piperazine rings is 1. The molecule has 0 saturated carbocycles. The van der Waals surface area contributed by atoms with Crippen LogP contribution in [0.3, 0.4) is 0 Å². The Labute approximate surface area is 141 Å². The Morgan fingerprint density at radius 1 is 1.09 bits per heavy atom. The second-order valence-corrected chi connectivity index (χ2v) is 6.46. The number of amides is 2. The van der Waals surface area contributed by atoms with E-state index in [2.05, 4.69) is 4.90 Å². The van der Waals surface area contributed by atoms with E-state index in [-0.39, 0.29) is 11.8 Å². The van der Waals surface area contributed by atoms with Crippen LogP contribution in [0.5, 0.6) is 0 Å². The number of carbonyl (C=O) groups excluding carboxylic acids is 2. The molecule has 2 saturated heterocycles. The number of hydrogen-bond donors (Lipinski definition) is 0. The summed E-state index contributed by atoms with van der Waals surface area (Å²) in [5, 5.41) is 0.750. The van der Waals surface area contributed by atoms with Crippen molar-refractivity contribution < 1.29 is 9.59 Å². The third kappa shape index (κ3) is 3.78. The first kappa shape index (κ1) is 16.1. The van der Waals surface area contributed by atoms with Crippen molar-refractivity contribution >= 4 is 29.1 Å². The van der Waals surface area contributed by atoms with Gasteiger partial charge in [0.2, 0.25) is 11.8 Å². The molecule has 0 aromatic heterocycles. The maximum Gasteiger partial charge on any atom is 0.224 e. The van der Waals surface area contributed by atoms with Crippen LogP contribution in [0.25, 0.3) is 0 Å². The van der Waals surface area contributed by atoms with Crippen molar-refractivity contribution in [2.45, 2.75) is 19.3 Å². The maximum atomic E-state index is 12.3. The van der Waals surface area contributed by atoms with E-state index in [1.165, 1.54) is 0 Å². The van der Waals surface area contributed by atoms with E-state index in [9.17, 15) is 9.59 Å². The minimum Gasteiger partial charge on any atom is -0.367 e. The highest BCUT2D eigenvalue weighted by Gasteiger charge is 2.24. The molecule has 5 nitrogen and oxygen atoms in total. The first-order valence-electron chi connectivity index (χ1n) is 8.20. The van der Waals surface area contributed by atoms with Crippen molar-refractivity contribution in [3.63, 3.8) is 0 Å². The molecule has 0 aliphatic carbocycles. The number of likely N-dealkylation sites (tertiary alicyclic amines) is 1. The van der Waals surface area contributed by atoms with Gasteiger partial charge in [-0.05, 0) is 18.6 Å². The average molecular weight is 336 g/mol. The Morgan fingerprint density at radius 2 is 1.83 bits per heavy atom. The molecule has 3 rings (SSSR count). The third-order valence-corrected chi connectivity index (χ3v) is 4.91. The fourth-order valence-electron chi connectivity index (χ4n) is 3.23. The van der Waals surface area contributed by atoms with Crippen molar-refractivity contribution in [3.8, 4) is 0 Å². The molecule has 2 amide bonds. The molecule has 2 aliphatic rings. The topological polar surface area (TPSA) is 43.9 Å². The van der Waals surface area contributed by atoms with Gasteiger partial charge in [0.05, 0.1) is 10.7 Å². The lowest BCUT2D eigenvalue weighted by Gasteiger charge is -2.36. The SMILES string of the molecule is O=C1CCCN1CCC(=O)N1CCN(c2ccccc2Cl)CC1. The van der Waals surface area contributed by atoms with Gasteiger partial charge in [0.1, 0.15) is 0 Å². The van der Waals surface area contributed by atoms with Crippen LogP contribution in [0.4, 0.5) is 5.69 Å². The molecule has 1 aromatic carbocycles. The third-order valence-electron chi connectivity index (χ3n) is 4.59. The fourth-order valence-corrected chi connectivity index (χ4v) is 3.49. The largest absolute Gasteiger partial charge is 0.367 e. The zero-order valence-electron chi connectivity index (χ0n) is 13.2. The first-order chi connectivity index (χ1) is 11.1. The van der Waals surface area contributed by atoms with Gasteiger partial charge in [-0.1, -0.05) is 23.7 Å². The quantitative estimate of drug-likeness (QED) is 0.845. The summed E-state index contributed by atoms with van der Waals surface area (Å²) in [6.45, 7) is 4.35. The molecule has 0 spiro atoms. The van der Waals surface area contributed by atoms with Crippen LogP contribution in [0.2, 0.25) is 5.02 Å². The molecule has 2 fully saturated rings. The molecule has 0 unspecified atom stereocenters. The molecule has 0 atom stereocenters. The van der Waals surface area contributed by atoms with Crippen LogP contribution in [-0.4, -0.2) is 60.9 Å². The number of anilines is 1. The molecule has 23 heavy (non-hydrogen) atoms. The molecule has 2 aliphatic heterocycles. The lowest BCUT2D eigenvalue weighted by atomic mass is 10.2. The van der Waals surface area contributed by atoms with Crippen LogP contribution in [0, 0.1) is 0 Å². The Hall–Kier alpha value is -1.75. The molecule has 124 valence electrons. The summed E-state index contributed by atoms with van der Waals surface area (Å²) in [5.74, 6) is 0.324. The number of para-hydroxylation sites is 1. The van der Waals surface area contributed by atoms with Crippen LogP contribution in [-0.2, 0) is 9.59 Å². The number of hydrogen-bond acceptors (Lipinski definition) is 3. The zero-order chi connectivity index (χ0) is 16.2. The van der Waals surface area contributed by atoms with Gasteiger partial charge >= 0.3 is 0 Å². The Balaban J connectivity index is 1.47. The Morgan fingerprint density at radius 3 is 2.48 bits per heavy atom. The average Bonchev–Trinajstić information content (AvgIpc) is 2.98. The van der Waals surface area contributed by atoms with Crippen molar-refractivity contribution in [2.24, 2.45) is 0 Å². The van der Waals surface area contributed by atoms with E-state index < -0.39 is 0 Å². The molecular formula is C17H22ClN3O2. The number of nitrogens with zero attached hydrogens (tertiary/aromatic N) is 3. The number of benzene rings is 1. The molecule has 6 heteroatoms. The molecule has 1 aromatic rings. The second-order valence-electron chi connectivity index (χ2n) is 6.05. The van der Waals surface area contributed by atoms with Gasteiger partial charge in [-0.2, -0.15) is 0 Å². The molecule has 2 heterocycles. The highest BCUT2D eigenvalue weighted by atomic mass is 35.5. The van der Waals surface area contributed by atoms with Gasteiger partial charge in [0, 0.05) is 52.1 Å². The molecule has 0 bridgehead atoms. The standard InChI is InChI=1S/C17H22ClN3O2/c18-14-4-1-2-5-15(14)19-10-12-21(13-11-19)17(23)7-9-20-8-3-6-16(20)22/h1-2,4-5H,3,6-13H2. The summed E-state index contributed by atoms with van der Waals surface area (Å²) >= 11 is 6.23. The smallest absolute Gasteiger partial charge is 0.224 e. The molecule has 0 radical (unpaired) electrons. The van der Waals surface area contributed by atoms with Crippen molar-refractivity contribution in [1.82, 2.24) is 9.80 Å². The minimum absolute atomic E-state index is 0.142. The molecule has 0 N–H and O–H groups in total. The minimum atomic E-state index is 0.142. The summed E-state index contributed by atoms with van der Waals surface area (Å²) in [6, 6.07) is 7.80. The van der Waals surface area contributed by atoms with E-state index in [0.717, 1.165) is 36.8 Å². The van der Waals surface area contributed by atoms with Gasteiger partial charge in [-0.15, -0.1) is 0 Å². The van der Waals surface area contributed by atoms with Gasteiger partial charge < -0.3 is 14.7 Å². The highest BCUT2D eigenvalue weighted by Crippen LogP contribution is 2.26. The van der Waals surface area contributed by atoms with Gasteiger partial charge in [0.15, 0.2) is 0 Å². The Kier molecular flexibility index (Phi) is 5.06. The first-order valence-corrected chi connectivity index (χ1v) is 8.58. The summed E-state index contributed by atoms with van der Waals surface area (Å²) in [7, 11) is 0. The summed E-state index contributed by atoms with van der Waals surface area (Å²) in [4.78, 5) is 29.8. The van der Waals surface area contributed by atoms with Crippen LogP contribution < -0.4 is 4.90 Å². The van der Waals surface area contributed by atoms with E-state index in [1.54, 1.807) is 4.90 Å². The number of rotatable bonds is 4. The molecular weight excluding hydrogens is 314 g/mol. The summed E-state index contributed by atoms with van der Waals surface area (Å²) in [6.07, 6.45) is 1.98. The van der Waals surface area contributed by atoms with Crippen LogP contribution >= 0.6 is 11.6 Å². The number of carbonyl (C=O) groups is 2. The van der Waals surface area contributed by atoms with Crippen LogP contribution in [0.15, 0.2) is 24.3 Å². The Bertz CT molecular complexity index is 585. The van der Waals surface area contributed by atoms with E-state index >= 15 is 0 Å². The van der Waals surface area contributed by atoms with Crippen molar-refractivity contribution in [3.05, 3.63) is 29.3 Å². The normalized spacial score (nSPS) is 18.7. The highest BCUT2D eigenvalue weighted by molar-refractivity contribution is 6.33. The second kappa shape index (κ2) is 7.21. The summed E-state index contributed by atoms with van der Waals surface area (Å²) in [5.41, 5.74) is 1.03. The summed E-state index contributed by atoms with van der Waals surface area (Å²) < 4.78 is 0. The lowest BCUT2D eigenvalue weighted by molar-refractivity contribution is -0.133. The van der Waals surface area contributed by atoms with E-state index in [1.807, 2.05) is 29.2 Å². The monoisotopic (exact) mass is 335 g/mol. The van der Waals surface area contributed by atoms with E-state index in [4.69, 9.17) is 11.6 Å². The van der Waals surface area contributed by atoms with Crippen molar-refractivity contribution in [2.75, 3.05) is 44.2 Å². The lowest BCUT2D eigenvalue weighted by Crippen LogP contribution is -2.49.